The number of carbonyl (C=O) groups excluding carboxylic acids is 1. The van der Waals surface area contributed by atoms with Crippen LogP contribution in [0.3, 0.4) is 0 Å². The smallest absolute Gasteiger partial charge is 0.325 e. The summed E-state index contributed by atoms with van der Waals surface area (Å²) in [6.07, 6.45) is 0. The zero-order chi connectivity index (χ0) is 13.7. The topological polar surface area (TPSA) is 55.6 Å². The fraction of sp³-hybridized carbons (Fsp3) is 0.333. The van der Waals surface area contributed by atoms with E-state index >= 15 is 0 Å². The van der Waals surface area contributed by atoms with Gasteiger partial charge in [-0.2, -0.15) is 0 Å². The van der Waals surface area contributed by atoms with Gasteiger partial charge in [0.1, 0.15) is 11.5 Å². The average molecular weight is 287 g/mol. The van der Waals surface area contributed by atoms with Gasteiger partial charge in [-0.25, -0.2) is 0 Å². The van der Waals surface area contributed by atoms with E-state index in [4.69, 9.17) is 29.6 Å². The zero-order valence-corrected chi connectivity index (χ0v) is 11.8. The maximum atomic E-state index is 11.4. The summed E-state index contributed by atoms with van der Waals surface area (Å²) in [6.45, 7) is 2.67. The van der Waals surface area contributed by atoms with Crippen LogP contribution in [-0.4, -0.2) is 31.2 Å². The summed E-state index contributed by atoms with van der Waals surface area (Å²) in [5.41, 5.74) is 7.00. The highest BCUT2D eigenvalue weighted by Gasteiger charge is 2.17. The molecule has 6 heteroatoms. The first-order valence-corrected chi connectivity index (χ1v) is 6.20. The number of hydrogen-bond donors (Lipinski definition) is 1. The number of anilines is 1. The Labute approximate surface area is 117 Å². The SMILES string of the molecule is CCN(CC(=O)OC)c1cccc(Cl)c1C(N)=S. The monoisotopic (exact) mass is 286 g/mol. The van der Waals surface area contributed by atoms with Crippen LogP contribution in [0.2, 0.25) is 5.02 Å². The second kappa shape index (κ2) is 6.56. The minimum Gasteiger partial charge on any atom is -0.468 e. The number of esters is 1. The predicted molar refractivity (Wildman–Crippen MR) is 77.2 cm³/mol. The molecule has 1 aromatic carbocycles. The fourth-order valence-corrected chi connectivity index (χ4v) is 2.15. The summed E-state index contributed by atoms with van der Waals surface area (Å²) in [4.78, 5) is 13.4. The molecule has 98 valence electrons. The van der Waals surface area contributed by atoms with Gasteiger partial charge < -0.3 is 15.4 Å². The Morgan fingerprint density at radius 2 is 2.22 bits per heavy atom. The Morgan fingerprint density at radius 3 is 2.72 bits per heavy atom. The van der Waals surface area contributed by atoms with E-state index in [0.717, 1.165) is 5.69 Å². The van der Waals surface area contributed by atoms with Gasteiger partial charge in [-0.15, -0.1) is 0 Å². The van der Waals surface area contributed by atoms with Crippen molar-refractivity contribution in [1.82, 2.24) is 0 Å². The largest absolute Gasteiger partial charge is 0.468 e. The lowest BCUT2D eigenvalue weighted by molar-refractivity contribution is -0.138. The van der Waals surface area contributed by atoms with E-state index in [9.17, 15) is 4.79 Å². The van der Waals surface area contributed by atoms with E-state index in [-0.39, 0.29) is 17.5 Å². The third kappa shape index (κ3) is 3.34. The van der Waals surface area contributed by atoms with Crippen molar-refractivity contribution in [2.75, 3.05) is 25.1 Å². The average Bonchev–Trinajstić information content (AvgIpc) is 2.34. The van der Waals surface area contributed by atoms with E-state index in [1.54, 1.807) is 12.1 Å². The maximum absolute atomic E-state index is 11.4. The number of benzene rings is 1. The normalized spacial score (nSPS) is 9.94. The van der Waals surface area contributed by atoms with Gasteiger partial charge in [0.2, 0.25) is 0 Å². The van der Waals surface area contributed by atoms with Crippen LogP contribution in [0, 0.1) is 0 Å². The van der Waals surface area contributed by atoms with Crippen molar-refractivity contribution in [1.29, 1.82) is 0 Å². The molecule has 0 aliphatic carbocycles. The second-order valence-corrected chi connectivity index (χ2v) is 4.44. The Morgan fingerprint density at radius 1 is 1.56 bits per heavy atom. The number of halogens is 1. The van der Waals surface area contributed by atoms with Crippen LogP contribution in [-0.2, 0) is 9.53 Å². The van der Waals surface area contributed by atoms with E-state index < -0.39 is 0 Å². The number of ether oxygens (including phenoxy) is 1. The van der Waals surface area contributed by atoms with Gasteiger partial charge >= 0.3 is 5.97 Å². The maximum Gasteiger partial charge on any atom is 0.325 e. The third-order valence-electron chi connectivity index (χ3n) is 2.51. The number of hydrogen-bond acceptors (Lipinski definition) is 4. The predicted octanol–water partition coefficient (Wildman–Crippen LogP) is 1.97. The van der Waals surface area contributed by atoms with Gasteiger partial charge in [0.15, 0.2) is 0 Å². The van der Waals surface area contributed by atoms with Gasteiger partial charge in [0, 0.05) is 12.2 Å². The molecule has 2 N–H and O–H groups in total. The van der Waals surface area contributed by atoms with E-state index in [0.29, 0.717) is 17.1 Å². The quantitative estimate of drug-likeness (QED) is 0.662. The molecule has 0 aromatic heterocycles. The summed E-state index contributed by atoms with van der Waals surface area (Å²) < 4.78 is 4.66. The first kappa shape index (κ1) is 14.7. The minimum atomic E-state index is -0.328. The number of likely N-dealkylation sites (N-methyl/N-ethyl adjacent to an activating group) is 1. The first-order chi connectivity index (χ1) is 8.51. The van der Waals surface area contributed by atoms with Crippen molar-refractivity contribution in [2.24, 2.45) is 5.73 Å². The summed E-state index contributed by atoms with van der Waals surface area (Å²) in [5.74, 6) is -0.328. The molecular weight excluding hydrogens is 272 g/mol. The van der Waals surface area contributed by atoms with Crippen molar-refractivity contribution in [2.45, 2.75) is 6.92 Å². The molecule has 0 radical (unpaired) electrons. The van der Waals surface area contributed by atoms with Gasteiger partial charge in [-0.1, -0.05) is 29.9 Å². The van der Waals surface area contributed by atoms with Crippen LogP contribution < -0.4 is 10.6 Å². The summed E-state index contributed by atoms with van der Waals surface area (Å²) in [6, 6.07) is 5.33. The number of nitrogens with zero attached hydrogens (tertiary/aromatic N) is 1. The van der Waals surface area contributed by atoms with Crippen LogP contribution >= 0.6 is 23.8 Å². The second-order valence-electron chi connectivity index (χ2n) is 3.59. The lowest BCUT2D eigenvalue weighted by atomic mass is 10.1. The summed E-state index contributed by atoms with van der Waals surface area (Å²) in [5, 5.41) is 0.475. The van der Waals surface area contributed by atoms with E-state index in [1.807, 2.05) is 17.9 Å². The molecule has 4 nitrogen and oxygen atoms in total. The summed E-state index contributed by atoms with van der Waals surface area (Å²) in [7, 11) is 1.35. The Hall–Kier alpha value is -1.33. The molecule has 0 spiro atoms. The molecule has 0 saturated carbocycles. The van der Waals surface area contributed by atoms with Crippen molar-refractivity contribution in [3.8, 4) is 0 Å². The van der Waals surface area contributed by atoms with E-state index in [1.165, 1.54) is 7.11 Å². The number of rotatable bonds is 5. The van der Waals surface area contributed by atoms with Crippen LogP contribution in [0.1, 0.15) is 12.5 Å². The van der Waals surface area contributed by atoms with Gasteiger partial charge in [-0.05, 0) is 19.1 Å². The minimum absolute atomic E-state index is 0.128. The molecule has 0 aliphatic heterocycles. The molecule has 0 bridgehead atoms. The van der Waals surface area contributed by atoms with Crippen molar-refractivity contribution >= 4 is 40.5 Å². The van der Waals surface area contributed by atoms with Crippen LogP contribution in [0.25, 0.3) is 0 Å². The molecule has 0 atom stereocenters. The number of carbonyl (C=O) groups is 1. The molecule has 18 heavy (non-hydrogen) atoms. The first-order valence-electron chi connectivity index (χ1n) is 5.41. The highest BCUT2D eigenvalue weighted by atomic mass is 35.5. The molecule has 1 aromatic rings. The molecule has 0 unspecified atom stereocenters. The molecule has 0 fully saturated rings. The molecule has 0 saturated heterocycles. The van der Waals surface area contributed by atoms with E-state index in [2.05, 4.69) is 4.74 Å². The fourth-order valence-electron chi connectivity index (χ4n) is 1.61. The highest BCUT2D eigenvalue weighted by Crippen LogP contribution is 2.27. The van der Waals surface area contributed by atoms with Gasteiger partial charge in [-0.3, -0.25) is 4.79 Å². The number of thiocarbonyl (C=S) groups is 1. The Bertz CT molecular complexity index is 465. The Balaban J connectivity index is 3.17. The van der Waals surface area contributed by atoms with Crippen molar-refractivity contribution < 1.29 is 9.53 Å². The Kier molecular flexibility index (Phi) is 5.37. The van der Waals surface area contributed by atoms with Crippen molar-refractivity contribution in [3.05, 3.63) is 28.8 Å². The standard InChI is InChI=1S/C12H15ClN2O2S/c1-3-15(7-10(16)17-2)9-6-4-5-8(13)11(9)12(14)18/h4-6H,3,7H2,1-2H3,(H2,14,18). The lowest BCUT2D eigenvalue weighted by Crippen LogP contribution is -2.32. The van der Waals surface area contributed by atoms with Crippen LogP contribution in [0.5, 0.6) is 0 Å². The molecule has 0 heterocycles. The number of methoxy groups -OCH3 is 1. The molecule has 0 aliphatic rings. The molecule has 0 amide bonds. The number of nitrogens with two attached hydrogens (primary N) is 1. The molecule has 1 rings (SSSR count). The van der Waals surface area contributed by atoms with Crippen LogP contribution in [0.4, 0.5) is 5.69 Å². The van der Waals surface area contributed by atoms with Crippen LogP contribution in [0.15, 0.2) is 18.2 Å². The molecular formula is C12H15ClN2O2S. The lowest BCUT2D eigenvalue weighted by Gasteiger charge is -2.24. The van der Waals surface area contributed by atoms with Crippen molar-refractivity contribution in [3.63, 3.8) is 0 Å². The van der Waals surface area contributed by atoms with Gasteiger partial charge in [0.25, 0.3) is 0 Å². The highest BCUT2D eigenvalue weighted by molar-refractivity contribution is 7.80. The third-order valence-corrected chi connectivity index (χ3v) is 3.03. The zero-order valence-electron chi connectivity index (χ0n) is 10.3. The van der Waals surface area contributed by atoms with Gasteiger partial charge in [0.05, 0.1) is 17.7 Å². The summed E-state index contributed by atoms with van der Waals surface area (Å²) >= 11 is 11.1.